The number of aliphatic hydroxyl groups is 1. The van der Waals surface area contributed by atoms with Gasteiger partial charge in [0.2, 0.25) is 11.8 Å². The summed E-state index contributed by atoms with van der Waals surface area (Å²) in [6.07, 6.45) is 0.986. The van der Waals surface area contributed by atoms with E-state index < -0.39 is 18.2 Å². The number of nitrogens with zero attached hydrogens (tertiary/aromatic N) is 3. The molecule has 0 radical (unpaired) electrons. The van der Waals surface area contributed by atoms with E-state index in [4.69, 9.17) is 14.2 Å². The van der Waals surface area contributed by atoms with Gasteiger partial charge in [-0.2, -0.15) is 0 Å². The van der Waals surface area contributed by atoms with E-state index in [1.165, 1.54) is 4.90 Å². The highest BCUT2D eigenvalue weighted by Gasteiger charge is 2.45. The van der Waals surface area contributed by atoms with Crippen LogP contribution >= 0.6 is 33.9 Å². The van der Waals surface area contributed by atoms with Gasteiger partial charge in [-0.1, -0.05) is 66.8 Å². The Balaban J connectivity index is 1.23. The maximum absolute atomic E-state index is 14.1. The standard InChI is InChI=1S/C37H47IN4O7S/c1-24(2)33(42-21-28-8-4-5-9-30(28)36(42)45)37(46)41-22-29(43)19-31(41)35(44)39-20-27-11-10-26(34-25(3)40-23-50-34)18-32(27)49-15-7-14-48-17-16-47-13-6-12-38/h4-5,8-11,18,23-24,29,31,33,43H,6-7,12-17,19-22H2,1-3H3,(H,39,44)/t29-,31+,33+/m1/s1. The maximum Gasteiger partial charge on any atom is 0.255 e. The van der Waals surface area contributed by atoms with E-state index in [9.17, 15) is 19.5 Å². The molecule has 0 unspecified atom stereocenters. The Morgan fingerprint density at radius 3 is 2.54 bits per heavy atom. The maximum atomic E-state index is 14.1. The molecule has 3 aromatic rings. The Morgan fingerprint density at radius 1 is 1.08 bits per heavy atom. The van der Waals surface area contributed by atoms with Crippen molar-refractivity contribution in [1.82, 2.24) is 20.1 Å². The highest BCUT2D eigenvalue weighted by Crippen LogP contribution is 2.33. The number of fused-ring (bicyclic) bond motifs is 1. The summed E-state index contributed by atoms with van der Waals surface area (Å²) in [5, 5.41) is 13.6. The molecule has 2 N–H and O–H groups in total. The largest absolute Gasteiger partial charge is 0.493 e. The van der Waals surface area contributed by atoms with Crippen LogP contribution in [-0.2, 0) is 32.2 Å². The van der Waals surface area contributed by atoms with Gasteiger partial charge in [0.05, 0.1) is 42.0 Å². The fourth-order valence-corrected chi connectivity index (χ4v) is 7.55. The van der Waals surface area contributed by atoms with E-state index in [1.807, 2.05) is 62.7 Å². The average molecular weight is 819 g/mol. The normalized spacial score (nSPS) is 17.8. The minimum atomic E-state index is -0.870. The lowest BCUT2D eigenvalue weighted by Gasteiger charge is -2.35. The number of thiazole rings is 1. The average Bonchev–Trinajstić information content (AvgIpc) is 3.81. The molecule has 2 aromatic carbocycles. The zero-order valence-corrected chi connectivity index (χ0v) is 31.9. The van der Waals surface area contributed by atoms with Crippen molar-refractivity contribution in [2.24, 2.45) is 5.92 Å². The predicted molar refractivity (Wildman–Crippen MR) is 200 cm³/mol. The van der Waals surface area contributed by atoms with Crippen LogP contribution in [-0.4, -0.2) is 99.8 Å². The number of hydrogen-bond donors (Lipinski definition) is 2. The number of ether oxygens (including phenoxy) is 3. The lowest BCUT2D eigenvalue weighted by Crippen LogP contribution is -2.55. The summed E-state index contributed by atoms with van der Waals surface area (Å²) >= 11 is 3.89. The van der Waals surface area contributed by atoms with Crippen LogP contribution in [0.25, 0.3) is 10.4 Å². The summed E-state index contributed by atoms with van der Waals surface area (Å²) < 4.78 is 18.6. The van der Waals surface area contributed by atoms with Crippen molar-refractivity contribution in [3.63, 3.8) is 0 Å². The van der Waals surface area contributed by atoms with E-state index in [-0.39, 0.29) is 43.1 Å². The van der Waals surface area contributed by atoms with E-state index >= 15 is 0 Å². The second kappa shape index (κ2) is 18.4. The molecule has 0 saturated carbocycles. The van der Waals surface area contributed by atoms with E-state index in [1.54, 1.807) is 22.3 Å². The quantitative estimate of drug-likeness (QED) is 0.104. The first-order valence-electron chi connectivity index (χ1n) is 17.2. The highest BCUT2D eigenvalue weighted by molar-refractivity contribution is 14.1. The lowest BCUT2D eigenvalue weighted by molar-refractivity contribution is -0.143. The molecule has 2 aliphatic heterocycles. The van der Waals surface area contributed by atoms with Gasteiger partial charge in [0, 0.05) is 61.2 Å². The van der Waals surface area contributed by atoms with Crippen molar-refractivity contribution >= 4 is 51.6 Å². The topological polar surface area (TPSA) is 131 Å². The van der Waals surface area contributed by atoms with Crippen LogP contribution in [0.5, 0.6) is 5.75 Å². The van der Waals surface area contributed by atoms with Crippen molar-refractivity contribution in [3.05, 3.63) is 70.4 Å². The van der Waals surface area contributed by atoms with Gasteiger partial charge in [0.25, 0.3) is 5.91 Å². The van der Waals surface area contributed by atoms with Crippen LogP contribution in [0, 0.1) is 12.8 Å². The molecule has 0 spiro atoms. The number of carbonyl (C=O) groups is 3. The molecule has 50 heavy (non-hydrogen) atoms. The van der Waals surface area contributed by atoms with E-state index in [0.717, 1.165) is 44.7 Å². The van der Waals surface area contributed by atoms with Gasteiger partial charge in [-0.05, 0) is 42.5 Å². The first kappa shape index (κ1) is 38.1. The van der Waals surface area contributed by atoms with Gasteiger partial charge < -0.3 is 34.4 Å². The zero-order chi connectivity index (χ0) is 35.6. The van der Waals surface area contributed by atoms with Gasteiger partial charge in [0.1, 0.15) is 17.8 Å². The summed E-state index contributed by atoms with van der Waals surface area (Å²) in [7, 11) is 0. The molecule has 1 saturated heterocycles. The Morgan fingerprint density at radius 2 is 1.84 bits per heavy atom. The molecule has 3 amide bonds. The number of hydrogen-bond acceptors (Lipinski definition) is 9. The minimum absolute atomic E-state index is 0.0268. The molecule has 11 nitrogen and oxygen atoms in total. The number of amides is 3. The van der Waals surface area contributed by atoms with Crippen molar-refractivity contribution in [2.45, 2.75) is 71.3 Å². The second-order valence-electron chi connectivity index (χ2n) is 13.0. The van der Waals surface area contributed by atoms with Gasteiger partial charge in [-0.3, -0.25) is 14.4 Å². The van der Waals surface area contributed by atoms with Crippen LogP contribution in [0.1, 0.15) is 60.3 Å². The number of benzene rings is 2. The van der Waals surface area contributed by atoms with E-state index in [2.05, 4.69) is 32.9 Å². The second-order valence-corrected chi connectivity index (χ2v) is 14.9. The lowest BCUT2D eigenvalue weighted by atomic mass is 10.0. The number of halogens is 1. The third-order valence-electron chi connectivity index (χ3n) is 8.95. The van der Waals surface area contributed by atoms with Gasteiger partial charge in [-0.15, -0.1) is 11.3 Å². The third kappa shape index (κ3) is 9.40. The van der Waals surface area contributed by atoms with Crippen LogP contribution in [0.15, 0.2) is 48.0 Å². The van der Waals surface area contributed by atoms with Gasteiger partial charge in [-0.25, -0.2) is 4.98 Å². The predicted octanol–water partition coefficient (Wildman–Crippen LogP) is 5.00. The molecule has 1 fully saturated rings. The molecule has 0 bridgehead atoms. The third-order valence-corrected chi connectivity index (χ3v) is 10.7. The summed E-state index contributed by atoms with van der Waals surface area (Å²) in [4.78, 5) is 49.6. The number of aromatic nitrogens is 1. The van der Waals surface area contributed by atoms with Crippen LogP contribution < -0.4 is 10.1 Å². The van der Waals surface area contributed by atoms with Crippen molar-refractivity contribution in [2.75, 3.05) is 44.0 Å². The number of alkyl halides is 1. The van der Waals surface area contributed by atoms with Crippen LogP contribution in [0.2, 0.25) is 0 Å². The molecule has 1 aromatic heterocycles. The first-order valence-corrected chi connectivity index (χ1v) is 19.6. The molecule has 13 heteroatoms. The fourth-order valence-electron chi connectivity index (χ4n) is 6.43. The molecular formula is C37H47IN4O7S. The van der Waals surface area contributed by atoms with Gasteiger partial charge in [0.15, 0.2) is 0 Å². The first-order chi connectivity index (χ1) is 24.2. The molecule has 0 aliphatic carbocycles. The summed E-state index contributed by atoms with van der Waals surface area (Å²) in [6.45, 7) is 9.10. The van der Waals surface area contributed by atoms with E-state index in [0.29, 0.717) is 50.7 Å². The van der Waals surface area contributed by atoms with Crippen LogP contribution in [0.4, 0.5) is 0 Å². The number of carbonyl (C=O) groups excluding carboxylic acids is 3. The number of nitrogens with one attached hydrogen (secondary N) is 1. The Hall–Kier alpha value is -3.11. The number of rotatable bonds is 18. The summed E-state index contributed by atoms with van der Waals surface area (Å²) in [5.41, 5.74) is 5.97. The monoisotopic (exact) mass is 818 g/mol. The fraction of sp³-hybridized carbons (Fsp3) is 0.514. The van der Waals surface area contributed by atoms with Crippen molar-refractivity contribution in [1.29, 1.82) is 0 Å². The van der Waals surface area contributed by atoms with Gasteiger partial charge >= 0.3 is 0 Å². The molecule has 3 atom stereocenters. The van der Waals surface area contributed by atoms with Crippen LogP contribution in [0.3, 0.4) is 0 Å². The number of aryl methyl sites for hydroxylation is 1. The highest BCUT2D eigenvalue weighted by atomic mass is 127. The number of likely N-dealkylation sites (tertiary alicyclic amines) is 1. The molecule has 5 rings (SSSR count). The number of β-amino-alcohol motifs (C(OH)–C–C–N with tert-alkyl or cyclic N) is 1. The zero-order valence-electron chi connectivity index (χ0n) is 28.9. The molecular weight excluding hydrogens is 771 g/mol. The van der Waals surface area contributed by atoms with Crippen molar-refractivity contribution < 1.29 is 33.7 Å². The smallest absolute Gasteiger partial charge is 0.255 e. The summed E-state index contributed by atoms with van der Waals surface area (Å²) in [6, 6.07) is 11.6. The van der Waals surface area contributed by atoms with Crippen molar-refractivity contribution in [3.8, 4) is 16.2 Å². The number of aliphatic hydroxyl groups excluding tert-OH is 1. The Labute approximate surface area is 311 Å². The Bertz CT molecular complexity index is 1620. The minimum Gasteiger partial charge on any atom is -0.493 e. The SMILES string of the molecule is Cc1ncsc1-c1ccc(CNC(=O)[C@@H]2C[C@@H](O)CN2C(=O)[C@H](C(C)C)N2Cc3ccccc3C2=O)c(OCCCOCCOCCCI)c1. The molecule has 2 aliphatic rings. The molecule has 3 heterocycles. The Kier molecular flexibility index (Phi) is 14.0. The summed E-state index contributed by atoms with van der Waals surface area (Å²) in [5.74, 6) is -0.451. The molecule has 270 valence electrons.